The molecule has 2 aromatic rings. The van der Waals surface area contributed by atoms with Crippen LogP contribution in [0, 0.1) is 11.8 Å². The van der Waals surface area contributed by atoms with Gasteiger partial charge in [0.1, 0.15) is 5.52 Å². The van der Waals surface area contributed by atoms with Crippen molar-refractivity contribution in [1.29, 1.82) is 0 Å². The summed E-state index contributed by atoms with van der Waals surface area (Å²) in [6.45, 7) is 5.46. The summed E-state index contributed by atoms with van der Waals surface area (Å²) in [5.41, 5.74) is 1.37. The molecule has 1 amide bonds. The van der Waals surface area contributed by atoms with E-state index in [1.54, 1.807) is 11.0 Å². The van der Waals surface area contributed by atoms with Crippen molar-refractivity contribution in [3.63, 3.8) is 0 Å². The van der Waals surface area contributed by atoms with Crippen molar-refractivity contribution < 1.29 is 18.7 Å². The fourth-order valence-corrected chi connectivity index (χ4v) is 3.24. The average Bonchev–Trinajstić information content (AvgIpc) is 3.00. The lowest BCUT2D eigenvalue weighted by Crippen LogP contribution is -2.44. The van der Waals surface area contributed by atoms with Gasteiger partial charge in [-0.3, -0.25) is 4.79 Å². The Labute approximate surface area is 146 Å². The SMILES string of the molecule is C[C@H]1C[C@H](C)CN(C(=O)COC(=O)/C=C/c2nc3ccccc3o2)C1. The van der Waals surface area contributed by atoms with Crippen molar-refractivity contribution in [3.05, 3.63) is 36.2 Å². The zero-order valence-corrected chi connectivity index (χ0v) is 14.5. The number of carbonyl (C=O) groups is 2. The summed E-state index contributed by atoms with van der Waals surface area (Å²) in [6.07, 6.45) is 3.79. The fraction of sp³-hybridized carbons (Fsp3) is 0.421. The van der Waals surface area contributed by atoms with Crippen LogP contribution in [-0.4, -0.2) is 41.5 Å². The second-order valence-corrected chi connectivity index (χ2v) is 6.71. The molecule has 1 aromatic heterocycles. The maximum atomic E-state index is 12.2. The number of piperidine rings is 1. The Morgan fingerprint density at radius 3 is 2.72 bits per heavy atom. The van der Waals surface area contributed by atoms with Gasteiger partial charge in [0.05, 0.1) is 0 Å². The van der Waals surface area contributed by atoms with E-state index in [1.807, 2.05) is 18.2 Å². The van der Waals surface area contributed by atoms with Gasteiger partial charge in [-0.25, -0.2) is 9.78 Å². The lowest BCUT2D eigenvalue weighted by Gasteiger charge is -2.34. The van der Waals surface area contributed by atoms with E-state index in [0.29, 0.717) is 23.3 Å². The molecule has 1 aliphatic heterocycles. The quantitative estimate of drug-likeness (QED) is 0.631. The van der Waals surface area contributed by atoms with Crippen molar-refractivity contribution in [2.24, 2.45) is 11.8 Å². The molecule has 1 fully saturated rings. The highest BCUT2D eigenvalue weighted by molar-refractivity contribution is 5.89. The number of ether oxygens (including phenoxy) is 1. The van der Waals surface area contributed by atoms with E-state index in [4.69, 9.17) is 9.15 Å². The highest BCUT2D eigenvalue weighted by Crippen LogP contribution is 2.21. The molecule has 25 heavy (non-hydrogen) atoms. The van der Waals surface area contributed by atoms with E-state index >= 15 is 0 Å². The van der Waals surface area contributed by atoms with Gasteiger partial charge in [-0.05, 0) is 30.4 Å². The number of rotatable bonds is 4. The molecule has 0 bridgehead atoms. The van der Waals surface area contributed by atoms with Crippen LogP contribution in [0.25, 0.3) is 17.2 Å². The van der Waals surface area contributed by atoms with Gasteiger partial charge < -0.3 is 14.1 Å². The number of hydrogen-bond donors (Lipinski definition) is 0. The van der Waals surface area contributed by atoms with Crippen LogP contribution >= 0.6 is 0 Å². The Kier molecular flexibility index (Phi) is 5.16. The van der Waals surface area contributed by atoms with Crippen LogP contribution in [0.1, 0.15) is 26.2 Å². The molecule has 3 rings (SSSR count). The standard InChI is InChI=1S/C19H22N2O4/c1-13-9-14(2)11-21(10-13)18(22)12-24-19(23)8-7-17-20-15-5-3-4-6-16(15)25-17/h3-8,13-14H,9-12H2,1-2H3/b8-7+/t13-,14-/m0/s1. The van der Waals surface area contributed by atoms with Crippen LogP contribution in [0.5, 0.6) is 0 Å². The minimum Gasteiger partial charge on any atom is -0.452 e. The van der Waals surface area contributed by atoms with E-state index in [0.717, 1.165) is 25.0 Å². The molecule has 132 valence electrons. The number of benzene rings is 1. The van der Waals surface area contributed by atoms with Crippen LogP contribution in [-0.2, 0) is 14.3 Å². The van der Waals surface area contributed by atoms with Crippen LogP contribution < -0.4 is 0 Å². The Bertz CT molecular complexity index is 753. The molecule has 0 saturated carbocycles. The van der Waals surface area contributed by atoms with Crippen LogP contribution in [0.15, 0.2) is 34.8 Å². The molecule has 1 saturated heterocycles. The normalized spacial score (nSPS) is 21.0. The number of carbonyl (C=O) groups excluding carboxylic acids is 2. The number of oxazole rings is 1. The van der Waals surface area contributed by atoms with Crippen molar-refractivity contribution in [3.8, 4) is 0 Å². The summed E-state index contributed by atoms with van der Waals surface area (Å²) < 4.78 is 10.5. The molecule has 2 heterocycles. The zero-order chi connectivity index (χ0) is 17.8. The molecule has 2 atom stereocenters. The van der Waals surface area contributed by atoms with Gasteiger partial charge in [0, 0.05) is 25.2 Å². The Hall–Kier alpha value is -2.63. The predicted octanol–water partition coefficient (Wildman–Crippen LogP) is 2.89. The number of hydrogen-bond acceptors (Lipinski definition) is 5. The largest absolute Gasteiger partial charge is 0.452 e. The second kappa shape index (κ2) is 7.51. The average molecular weight is 342 g/mol. The maximum absolute atomic E-state index is 12.2. The van der Waals surface area contributed by atoms with Gasteiger partial charge in [0.25, 0.3) is 5.91 Å². The summed E-state index contributed by atoms with van der Waals surface area (Å²) in [6, 6.07) is 7.34. The van der Waals surface area contributed by atoms with E-state index in [9.17, 15) is 9.59 Å². The van der Waals surface area contributed by atoms with Gasteiger partial charge in [-0.2, -0.15) is 0 Å². The Morgan fingerprint density at radius 1 is 1.28 bits per heavy atom. The van der Waals surface area contributed by atoms with Crippen LogP contribution in [0.3, 0.4) is 0 Å². The molecule has 0 spiro atoms. The third-order valence-corrected chi connectivity index (χ3v) is 4.23. The fourth-order valence-electron chi connectivity index (χ4n) is 3.24. The van der Waals surface area contributed by atoms with Crippen molar-refractivity contribution >= 4 is 29.1 Å². The minimum atomic E-state index is -0.589. The van der Waals surface area contributed by atoms with E-state index in [-0.39, 0.29) is 12.5 Å². The molecule has 0 unspecified atom stereocenters. The lowest BCUT2D eigenvalue weighted by atomic mass is 9.92. The molecule has 1 aliphatic rings. The number of esters is 1. The highest BCUT2D eigenvalue weighted by atomic mass is 16.5. The van der Waals surface area contributed by atoms with E-state index in [2.05, 4.69) is 18.8 Å². The molecular formula is C19H22N2O4. The molecule has 0 N–H and O–H groups in total. The summed E-state index contributed by atoms with van der Waals surface area (Å²) in [7, 11) is 0. The first-order chi connectivity index (χ1) is 12.0. The number of aromatic nitrogens is 1. The molecule has 0 radical (unpaired) electrons. The van der Waals surface area contributed by atoms with Crippen LogP contribution in [0.4, 0.5) is 0 Å². The summed E-state index contributed by atoms with van der Waals surface area (Å²) in [5, 5.41) is 0. The highest BCUT2D eigenvalue weighted by Gasteiger charge is 2.25. The molecule has 1 aromatic carbocycles. The number of fused-ring (bicyclic) bond motifs is 1. The summed E-state index contributed by atoms with van der Waals surface area (Å²) in [5.74, 6) is 0.531. The van der Waals surface area contributed by atoms with Gasteiger partial charge in [0.15, 0.2) is 12.2 Å². The third kappa shape index (κ3) is 4.47. The molecule has 0 aliphatic carbocycles. The van der Waals surface area contributed by atoms with E-state index in [1.165, 1.54) is 12.2 Å². The monoisotopic (exact) mass is 342 g/mol. The van der Waals surface area contributed by atoms with E-state index < -0.39 is 5.97 Å². The summed E-state index contributed by atoms with van der Waals surface area (Å²) >= 11 is 0. The first-order valence-electron chi connectivity index (χ1n) is 8.49. The molecule has 6 heteroatoms. The maximum Gasteiger partial charge on any atom is 0.331 e. The topological polar surface area (TPSA) is 72.6 Å². The first-order valence-corrected chi connectivity index (χ1v) is 8.49. The lowest BCUT2D eigenvalue weighted by molar-refractivity contribution is -0.149. The van der Waals surface area contributed by atoms with Gasteiger partial charge in [-0.1, -0.05) is 26.0 Å². The third-order valence-electron chi connectivity index (χ3n) is 4.23. The summed E-state index contributed by atoms with van der Waals surface area (Å²) in [4.78, 5) is 30.0. The zero-order valence-electron chi connectivity index (χ0n) is 14.5. The second-order valence-electron chi connectivity index (χ2n) is 6.71. The predicted molar refractivity (Wildman–Crippen MR) is 93.5 cm³/mol. The Balaban J connectivity index is 1.51. The van der Waals surface area contributed by atoms with Gasteiger partial charge >= 0.3 is 5.97 Å². The van der Waals surface area contributed by atoms with Crippen LogP contribution in [0.2, 0.25) is 0 Å². The van der Waals surface area contributed by atoms with Crippen molar-refractivity contribution in [1.82, 2.24) is 9.88 Å². The molecule has 6 nitrogen and oxygen atoms in total. The van der Waals surface area contributed by atoms with Crippen molar-refractivity contribution in [2.75, 3.05) is 19.7 Å². The Morgan fingerprint density at radius 2 is 2.00 bits per heavy atom. The molecular weight excluding hydrogens is 320 g/mol. The number of para-hydroxylation sites is 2. The minimum absolute atomic E-state index is 0.151. The van der Waals surface area contributed by atoms with Crippen molar-refractivity contribution in [2.45, 2.75) is 20.3 Å². The number of likely N-dealkylation sites (tertiary alicyclic amines) is 1. The number of nitrogens with zero attached hydrogens (tertiary/aromatic N) is 2. The smallest absolute Gasteiger partial charge is 0.331 e. The van der Waals surface area contributed by atoms with Gasteiger partial charge in [0.2, 0.25) is 5.89 Å². The number of amides is 1. The van der Waals surface area contributed by atoms with Gasteiger partial charge in [-0.15, -0.1) is 0 Å². The first kappa shape index (κ1) is 17.2.